The lowest BCUT2D eigenvalue weighted by atomic mass is 9.99. The molecule has 5 heteroatoms. The number of carbonyl (C=O) groups is 1. The number of carbonyl (C=O) groups excluding carboxylic acids is 1. The zero-order valence-corrected chi connectivity index (χ0v) is 16.0. The number of halogens is 2. The number of fused-ring (bicyclic) bond motifs is 1. The maximum Gasteiger partial charge on any atom is 0.249 e. The number of nitrogens with zero attached hydrogens (tertiary/aromatic N) is 1. The van der Waals surface area contributed by atoms with Crippen molar-refractivity contribution in [1.82, 2.24) is 0 Å². The predicted octanol–water partition coefficient (Wildman–Crippen LogP) is 5.19. The van der Waals surface area contributed by atoms with E-state index in [1.165, 1.54) is 12.1 Å². The van der Waals surface area contributed by atoms with Crippen LogP contribution >= 0.6 is 11.6 Å². The van der Waals surface area contributed by atoms with Crippen molar-refractivity contribution in [3.63, 3.8) is 0 Å². The average Bonchev–Trinajstić information content (AvgIpc) is 2.81. The molecule has 140 valence electrons. The van der Waals surface area contributed by atoms with Gasteiger partial charge in [0.15, 0.2) is 0 Å². The van der Waals surface area contributed by atoms with Gasteiger partial charge in [-0.1, -0.05) is 35.9 Å². The van der Waals surface area contributed by atoms with Crippen molar-refractivity contribution in [2.24, 2.45) is 4.99 Å². The molecule has 1 aliphatic heterocycles. The number of amides is 1. The highest BCUT2D eigenvalue weighted by Gasteiger charge is 2.26. The summed E-state index contributed by atoms with van der Waals surface area (Å²) in [6.07, 6.45) is 0.477. The highest BCUT2D eigenvalue weighted by Crippen LogP contribution is 2.28. The molecule has 3 nitrogen and oxygen atoms in total. The van der Waals surface area contributed by atoms with Gasteiger partial charge in [0.25, 0.3) is 0 Å². The van der Waals surface area contributed by atoms with E-state index in [2.05, 4.69) is 5.32 Å². The fraction of sp³-hybridized carbons (Fsp3) is 0.130. The van der Waals surface area contributed by atoms with Crippen molar-refractivity contribution in [2.45, 2.75) is 19.4 Å². The van der Waals surface area contributed by atoms with E-state index in [1.54, 1.807) is 30.3 Å². The topological polar surface area (TPSA) is 41.5 Å². The van der Waals surface area contributed by atoms with Crippen molar-refractivity contribution < 1.29 is 9.18 Å². The molecule has 3 aromatic rings. The summed E-state index contributed by atoms with van der Waals surface area (Å²) in [5.41, 5.74) is 4.89. The Morgan fingerprint density at radius 3 is 2.57 bits per heavy atom. The van der Waals surface area contributed by atoms with Crippen LogP contribution in [0.15, 0.2) is 71.7 Å². The molecular formula is C23H18ClFN2O. The lowest BCUT2D eigenvalue weighted by Crippen LogP contribution is -2.27. The number of benzene rings is 3. The van der Waals surface area contributed by atoms with E-state index in [9.17, 15) is 9.18 Å². The number of hydrogen-bond donors (Lipinski definition) is 1. The van der Waals surface area contributed by atoms with Gasteiger partial charge >= 0.3 is 0 Å². The molecule has 1 unspecified atom stereocenters. The molecule has 0 saturated carbocycles. The number of anilines is 1. The molecule has 0 aliphatic carbocycles. The van der Waals surface area contributed by atoms with Crippen LogP contribution in [-0.2, 0) is 11.2 Å². The van der Waals surface area contributed by atoms with Crippen LogP contribution in [0.5, 0.6) is 0 Å². The normalized spacial score (nSPS) is 16.0. The maximum absolute atomic E-state index is 13.4. The number of benzodiazepines with no additional fused rings is 1. The minimum atomic E-state index is -0.604. The summed E-state index contributed by atoms with van der Waals surface area (Å²) in [7, 11) is 0. The Bertz CT molecular complexity index is 1080. The number of aryl methyl sites for hydroxylation is 1. The molecule has 1 atom stereocenters. The number of rotatable bonds is 3. The Morgan fingerprint density at radius 1 is 1.07 bits per heavy atom. The van der Waals surface area contributed by atoms with Crippen LogP contribution in [0, 0.1) is 12.7 Å². The maximum atomic E-state index is 13.4. The van der Waals surface area contributed by atoms with Crippen molar-refractivity contribution >= 4 is 28.9 Å². The minimum Gasteiger partial charge on any atom is -0.324 e. The molecule has 28 heavy (non-hydrogen) atoms. The molecule has 0 radical (unpaired) electrons. The van der Waals surface area contributed by atoms with Gasteiger partial charge in [-0.2, -0.15) is 0 Å². The molecule has 0 spiro atoms. The second-order valence-electron chi connectivity index (χ2n) is 6.81. The number of hydrogen-bond acceptors (Lipinski definition) is 2. The second-order valence-corrected chi connectivity index (χ2v) is 7.25. The summed E-state index contributed by atoms with van der Waals surface area (Å²) in [4.78, 5) is 17.7. The summed E-state index contributed by atoms with van der Waals surface area (Å²) in [5, 5.41) is 3.51. The van der Waals surface area contributed by atoms with Crippen LogP contribution in [0.4, 0.5) is 10.1 Å². The van der Waals surface area contributed by atoms with E-state index in [0.29, 0.717) is 22.8 Å². The first-order valence-corrected chi connectivity index (χ1v) is 9.38. The first-order chi connectivity index (χ1) is 13.5. The fourth-order valence-corrected chi connectivity index (χ4v) is 3.52. The third-order valence-corrected chi connectivity index (χ3v) is 5.11. The van der Waals surface area contributed by atoms with Crippen LogP contribution in [0.3, 0.4) is 0 Å². The van der Waals surface area contributed by atoms with E-state index in [4.69, 9.17) is 16.6 Å². The molecule has 0 bridgehead atoms. The molecule has 1 heterocycles. The van der Waals surface area contributed by atoms with E-state index in [-0.39, 0.29) is 11.7 Å². The van der Waals surface area contributed by atoms with Crippen LogP contribution in [0.1, 0.15) is 22.3 Å². The fourth-order valence-electron chi connectivity index (χ4n) is 3.34. The van der Waals surface area contributed by atoms with E-state index in [1.807, 2.05) is 31.2 Å². The zero-order valence-electron chi connectivity index (χ0n) is 15.2. The quantitative estimate of drug-likeness (QED) is 0.654. The SMILES string of the molecule is Cc1ccccc1CC1N=C(c2ccc(F)cc2)c2cc(Cl)ccc2NC1=O. The Kier molecular flexibility index (Phi) is 4.97. The van der Waals surface area contributed by atoms with Crippen molar-refractivity contribution in [3.05, 3.63) is 99.8 Å². The van der Waals surface area contributed by atoms with Crippen molar-refractivity contribution in [2.75, 3.05) is 5.32 Å². The lowest BCUT2D eigenvalue weighted by Gasteiger charge is -2.13. The highest BCUT2D eigenvalue weighted by atomic mass is 35.5. The molecule has 0 saturated heterocycles. The van der Waals surface area contributed by atoms with Gasteiger partial charge < -0.3 is 5.32 Å². The van der Waals surface area contributed by atoms with E-state index in [0.717, 1.165) is 22.3 Å². The van der Waals surface area contributed by atoms with Crippen LogP contribution in [0.25, 0.3) is 0 Å². The van der Waals surface area contributed by atoms with Gasteiger partial charge in [-0.25, -0.2) is 4.39 Å². The summed E-state index contributed by atoms with van der Waals surface area (Å²) in [5.74, 6) is -0.501. The molecule has 0 fully saturated rings. The molecule has 0 aromatic heterocycles. The third kappa shape index (κ3) is 3.69. The second kappa shape index (κ2) is 7.56. The van der Waals surface area contributed by atoms with Gasteiger partial charge in [0.2, 0.25) is 5.91 Å². The molecule has 1 N–H and O–H groups in total. The van der Waals surface area contributed by atoms with Gasteiger partial charge in [-0.05, 0) is 60.5 Å². The summed E-state index contributed by atoms with van der Waals surface area (Å²) in [6, 6.07) is 18.7. The monoisotopic (exact) mass is 392 g/mol. The van der Waals surface area contributed by atoms with Gasteiger partial charge in [-0.3, -0.25) is 9.79 Å². The summed E-state index contributed by atoms with van der Waals surface area (Å²) < 4.78 is 13.4. The first kappa shape index (κ1) is 18.4. The van der Waals surface area contributed by atoms with Gasteiger partial charge in [0, 0.05) is 22.6 Å². The van der Waals surface area contributed by atoms with E-state index >= 15 is 0 Å². The average molecular weight is 393 g/mol. The molecule has 4 rings (SSSR count). The van der Waals surface area contributed by atoms with Crippen LogP contribution < -0.4 is 5.32 Å². The zero-order chi connectivity index (χ0) is 19.7. The standard InChI is InChI=1S/C23H18ClFN2O/c1-14-4-2-3-5-16(14)12-21-23(28)27-20-11-8-17(24)13-19(20)22(26-21)15-6-9-18(25)10-7-15/h2-11,13,21H,12H2,1H3,(H,27,28). The smallest absolute Gasteiger partial charge is 0.249 e. The minimum absolute atomic E-state index is 0.177. The van der Waals surface area contributed by atoms with Gasteiger partial charge in [0.05, 0.1) is 11.4 Å². The Labute approximate surface area is 167 Å². The largest absolute Gasteiger partial charge is 0.324 e. The number of nitrogens with one attached hydrogen (secondary N) is 1. The summed E-state index contributed by atoms with van der Waals surface area (Å²) in [6.45, 7) is 2.02. The molecule has 1 amide bonds. The van der Waals surface area contributed by atoms with Crippen LogP contribution in [0.2, 0.25) is 5.02 Å². The molecule has 3 aromatic carbocycles. The molecule has 1 aliphatic rings. The van der Waals surface area contributed by atoms with Crippen molar-refractivity contribution in [1.29, 1.82) is 0 Å². The highest BCUT2D eigenvalue weighted by molar-refractivity contribution is 6.32. The Balaban J connectivity index is 1.84. The van der Waals surface area contributed by atoms with Crippen molar-refractivity contribution in [3.8, 4) is 0 Å². The Hall–Kier alpha value is -2.98. The van der Waals surface area contributed by atoms with E-state index < -0.39 is 6.04 Å². The number of aliphatic imine (C=N–C) groups is 1. The Morgan fingerprint density at radius 2 is 1.82 bits per heavy atom. The third-order valence-electron chi connectivity index (χ3n) is 4.87. The summed E-state index contributed by atoms with van der Waals surface area (Å²) >= 11 is 6.20. The van der Waals surface area contributed by atoms with Crippen LogP contribution in [-0.4, -0.2) is 17.7 Å². The van der Waals surface area contributed by atoms with Gasteiger partial charge in [0.1, 0.15) is 11.9 Å². The van der Waals surface area contributed by atoms with Gasteiger partial charge in [-0.15, -0.1) is 0 Å². The lowest BCUT2D eigenvalue weighted by molar-refractivity contribution is -0.117. The predicted molar refractivity (Wildman–Crippen MR) is 111 cm³/mol. The first-order valence-electron chi connectivity index (χ1n) is 9.00. The molecular weight excluding hydrogens is 375 g/mol.